The maximum Gasteiger partial charge on any atom is 0.277 e. The van der Waals surface area contributed by atoms with Crippen LogP contribution in [0.1, 0.15) is 16.1 Å². The molecule has 0 aliphatic rings. The summed E-state index contributed by atoms with van der Waals surface area (Å²) in [5.41, 5.74) is 2.21. The number of aromatic nitrogens is 3. The summed E-state index contributed by atoms with van der Waals surface area (Å²) in [5.74, 6) is 0.660. The molecule has 0 unspecified atom stereocenters. The third-order valence-corrected chi connectivity index (χ3v) is 3.38. The van der Waals surface area contributed by atoms with E-state index in [0.29, 0.717) is 5.69 Å². The summed E-state index contributed by atoms with van der Waals surface area (Å²) in [6.07, 6.45) is 7.12. The van der Waals surface area contributed by atoms with Crippen LogP contribution < -0.4 is 4.90 Å². The topological polar surface area (TPSA) is 51.0 Å². The molecule has 19 heavy (non-hydrogen) atoms. The maximum absolute atomic E-state index is 12.5. The van der Waals surface area contributed by atoms with Crippen molar-refractivity contribution in [1.82, 2.24) is 14.8 Å². The Morgan fingerprint density at radius 2 is 2.32 bits per heavy atom. The molecule has 2 heterocycles. The lowest BCUT2D eigenvalue weighted by atomic mass is 10.2. The van der Waals surface area contributed by atoms with E-state index in [9.17, 15) is 4.79 Å². The van der Waals surface area contributed by atoms with Gasteiger partial charge in [-0.1, -0.05) is 6.07 Å². The lowest BCUT2D eigenvalue weighted by Crippen LogP contribution is -2.27. The van der Waals surface area contributed by atoms with E-state index in [4.69, 9.17) is 0 Å². The second-order valence-corrected chi connectivity index (χ2v) is 5.05. The fourth-order valence-corrected chi connectivity index (χ4v) is 2.30. The van der Waals surface area contributed by atoms with Crippen molar-refractivity contribution in [2.75, 3.05) is 18.2 Å². The molecule has 0 aliphatic carbocycles. The standard InChI is InChI=1S/C13H16N4OS/c1-16-8-11(7-15-16)17(2)13(18)12-10(9-19-3)5-4-6-14-12/h4-8H,9H2,1-3H3. The first kappa shape index (κ1) is 13.6. The fourth-order valence-electron chi connectivity index (χ4n) is 1.76. The number of rotatable bonds is 4. The average Bonchev–Trinajstić information content (AvgIpc) is 2.85. The van der Waals surface area contributed by atoms with Gasteiger partial charge in [0.25, 0.3) is 5.91 Å². The van der Waals surface area contributed by atoms with Gasteiger partial charge in [-0.3, -0.25) is 14.5 Å². The van der Waals surface area contributed by atoms with E-state index in [1.165, 1.54) is 0 Å². The van der Waals surface area contributed by atoms with E-state index in [0.717, 1.165) is 17.0 Å². The Morgan fingerprint density at radius 3 is 2.95 bits per heavy atom. The quantitative estimate of drug-likeness (QED) is 0.856. The Kier molecular flexibility index (Phi) is 4.21. The molecule has 100 valence electrons. The normalized spacial score (nSPS) is 10.5. The summed E-state index contributed by atoms with van der Waals surface area (Å²) in [7, 11) is 3.55. The number of hydrogen-bond donors (Lipinski definition) is 0. The molecule has 0 atom stereocenters. The second-order valence-electron chi connectivity index (χ2n) is 4.18. The van der Waals surface area contributed by atoms with Crippen LogP contribution in [0.3, 0.4) is 0 Å². The van der Waals surface area contributed by atoms with Gasteiger partial charge in [0.15, 0.2) is 0 Å². The van der Waals surface area contributed by atoms with Crippen LogP contribution in [0.4, 0.5) is 5.69 Å². The molecule has 0 saturated carbocycles. The molecule has 2 aromatic rings. The SMILES string of the molecule is CSCc1cccnc1C(=O)N(C)c1cnn(C)c1. The van der Waals surface area contributed by atoms with Gasteiger partial charge in [-0.25, -0.2) is 0 Å². The first-order valence-electron chi connectivity index (χ1n) is 5.83. The van der Waals surface area contributed by atoms with Crippen LogP contribution in [0.15, 0.2) is 30.7 Å². The Morgan fingerprint density at radius 1 is 1.53 bits per heavy atom. The molecule has 0 fully saturated rings. The lowest BCUT2D eigenvalue weighted by Gasteiger charge is -2.16. The third kappa shape index (κ3) is 2.96. The summed E-state index contributed by atoms with van der Waals surface area (Å²) >= 11 is 1.67. The molecule has 1 amide bonds. The number of anilines is 1. The highest BCUT2D eigenvalue weighted by Gasteiger charge is 2.18. The van der Waals surface area contributed by atoms with Gasteiger partial charge in [-0.05, 0) is 17.9 Å². The van der Waals surface area contributed by atoms with Crippen molar-refractivity contribution < 1.29 is 4.79 Å². The van der Waals surface area contributed by atoms with Crippen LogP contribution in [-0.4, -0.2) is 34.0 Å². The van der Waals surface area contributed by atoms with Crippen molar-refractivity contribution in [1.29, 1.82) is 0 Å². The van der Waals surface area contributed by atoms with Crippen LogP contribution in [0.5, 0.6) is 0 Å². The van der Waals surface area contributed by atoms with Crippen molar-refractivity contribution in [2.45, 2.75) is 5.75 Å². The number of amides is 1. The monoisotopic (exact) mass is 276 g/mol. The lowest BCUT2D eigenvalue weighted by molar-refractivity contribution is 0.0987. The minimum Gasteiger partial charge on any atom is -0.307 e. The molecular formula is C13H16N4OS. The van der Waals surface area contributed by atoms with Crippen LogP contribution >= 0.6 is 11.8 Å². The van der Waals surface area contributed by atoms with Gasteiger partial charge in [0.1, 0.15) is 5.69 Å². The van der Waals surface area contributed by atoms with Gasteiger partial charge in [-0.15, -0.1) is 0 Å². The summed E-state index contributed by atoms with van der Waals surface area (Å²) in [5, 5.41) is 4.07. The van der Waals surface area contributed by atoms with Gasteiger partial charge >= 0.3 is 0 Å². The largest absolute Gasteiger partial charge is 0.307 e. The number of pyridine rings is 1. The third-order valence-electron chi connectivity index (χ3n) is 2.78. The van der Waals surface area contributed by atoms with E-state index in [-0.39, 0.29) is 5.91 Å². The van der Waals surface area contributed by atoms with Crippen molar-refractivity contribution in [3.63, 3.8) is 0 Å². The number of hydrogen-bond acceptors (Lipinski definition) is 4. The van der Waals surface area contributed by atoms with Crippen LogP contribution in [0, 0.1) is 0 Å². The van der Waals surface area contributed by atoms with Crippen LogP contribution in [0.2, 0.25) is 0 Å². The van der Waals surface area contributed by atoms with Crippen molar-refractivity contribution in [3.05, 3.63) is 42.0 Å². The van der Waals surface area contributed by atoms with Crippen LogP contribution in [-0.2, 0) is 12.8 Å². The fraction of sp³-hybridized carbons (Fsp3) is 0.308. The number of thioether (sulfide) groups is 1. The molecule has 6 heteroatoms. The number of carbonyl (C=O) groups excluding carboxylic acids is 1. The zero-order valence-corrected chi connectivity index (χ0v) is 12.0. The van der Waals surface area contributed by atoms with E-state index in [1.807, 2.05) is 25.4 Å². The number of carbonyl (C=O) groups is 1. The Bertz CT molecular complexity index is 582. The zero-order chi connectivity index (χ0) is 13.8. The summed E-state index contributed by atoms with van der Waals surface area (Å²) in [4.78, 5) is 18.3. The Labute approximate surface area is 116 Å². The summed E-state index contributed by atoms with van der Waals surface area (Å²) in [6, 6.07) is 3.79. The highest BCUT2D eigenvalue weighted by Crippen LogP contribution is 2.17. The van der Waals surface area contributed by atoms with Crippen molar-refractivity contribution in [2.24, 2.45) is 7.05 Å². The van der Waals surface area contributed by atoms with Gasteiger partial charge in [-0.2, -0.15) is 16.9 Å². The van der Waals surface area contributed by atoms with Crippen molar-refractivity contribution >= 4 is 23.4 Å². The molecule has 0 N–H and O–H groups in total. The molecule has 2 rings (SSSR count). The van der Waals surface area contributed by atoms with E-state index in [1.54, 1.807) is 47.0 Å². The van der Waals surface area contributed by atoms with Crippen LogP contribution in [0.25, 0.3) is 0 Å². The van der Waals surface area contributed by atoms with Gasteiger partial charge in [0.2, 0.25) is 0 Å². The first-order chi connectivity index (χ1) is 9.13. The second kappa shape index (κ2) is 5.88. The first-order valence-corrected chi connectivity index (χ1v) is 7.22. The van der Waals surface area contributed by atoms with E-state index >= 15 is 0 Å². The van der Waals surface area contributed by atoms with E-state index < -0.39 is 0 Å². The molecule has 0 radical (unpaired) electrons. The highest BCUT2D eigenvalue weighted by molar-refractivity contribution is 7.97. The number of nitrogens with zero attached hydrogens (tertiary/aromatic N) is 4. The highest BCUT2D eigenvalue weighted by atomic mass is 32.2. The average molecular weight is 276 g/mol. The minimum absolute atomic E-state index is 0.113. The van der Waals surface area contributed by atoms with Gasteiger partial charge in [0, 0.05) is 32.2 Å². The van der Waals surface area contributed by atoms with Gasteiger partial charge in [0.05, 0.1) is 11.9 Å². The van der Waals surface area contributed by atoms with Crippen molar-refractivity contribution in [3.8, 4) is 0 Å². The summed E-state index contributed by atoms with van der Waals surface area (Å²) < 4.78 is 1.67. The summed E-state index contributed by atoms with van der Waals surface area (Å²) in [6.45, 7) is 0. The molecule has 2 aromatic heterocycles. The smallest absolute Gasteiger partial charge is 0.277 e. The Hall–Kier alpha value is -1.82. The Balaban J connectivity index is 2.28. The molecular weight excluding hydrogens is 260 g/mol. The maximum atomic E-state index is 12.5. The molecule has 0 saturated heterocycles. The number of aryl methyl sites for hydroxylation is 1. The predicted octanol–water partition coefficient (Wildman–Crippen LogP) is 1.95. The zero-order valence-electron chi connectivity index (χ0n) is 11.2. The minimum atomic E-state index is -0.113. The molecule has 0 bridgehead atoms. The molecule has 0 aromatic carbocycles. The molecule has 0 aliphatic heterocycles. The predicted molar refractivity (Wildman–Crippen MR) is 77.4 cm³/mol. The van der Waals surface area contributed by atoms with Gasteiger partial charge < -0.3 is 4.90 Å². The molecule has 5 nitrogen and oxygen atoms in total. The van der Waals surface area contributed by atoms with E-state index in [2.05, 4.69) is 10.1 Å². The molecule has 0 spiro atoms.